The first-order chi connectivity index (χ1) is 6.27. The summed E-state index contributed by atoms with van der Waals surface area (Å²) in [6.07, 6.45) is 3.36. The van der Waals surface area contributed by atoms with Crippen LogP contribution in [-0.4, -0.2) is 15.2 Å². The number of anilines is 1. The SMILES string of the molecule is Cc1cc(-c2[nH]ncc2N)ccn1. The molecule has 4 nitrogen and oxygen atoms in total. The maximum Gasteiger partial charge on any atom is 0.0881 e. The molecule has 0 aliphatic rings. The van der Waals surface area contributed by atoms with E-state index < -0.39 is 0 Å². The Hall–Kier alpha value is -1.84. The first-order valence-corrected chi connectivity index (χ1v) is 3.99. The third-order valence-electron chi connectivity index (χ3n) is 1.85. The molecular formula is C9H10N4. The number of nitrogens with one attached hydrogen (secondary N) is 1. The molecule has 0 aromatic carbocycles. The maximum atomic E-state index is 5.71. The summed E-state index contributed by atoms with van der Waals surface area (Å²) in [4.78, 5) is 4.10. The third-order valence-corrected chi connectivity index (χ3v) is 1.85. The molecule has 0 saturated heterocycles. The van der Waals surface area contributed by atoms with Gasteiger partial charge in [-0.15, -0.1) is 0 Å². The number of aryl methyl sites for hydroxylation is 1. The largest absolute Gasteiger partial charge is 0.396 e. The molecule has 2 heterocycles. The Labute approximate surface area is 75.8 Å². The number of rotatable bonds is 1. The second kappa shape index (κ2) is 2.90. The van der Waals surface area contributed by atoms with Gasteiger partial charge in [0.25, 0.3) is 0 Å². The van der Waals surface area contributed by atoms with E-state index in [1.165, 1.54) is 0 Å². The van der Waals surface area contributed by atoms with Crippen LogP contribution in [-0.2, 0) is 0 Å². The number of nitrogens with two attached hydrogens (primary N) is 1. The Kier molecular flexibility index (Phi) is 1.73. The van der Waals surface area contributed by atoms with Crippen LogP contribution in [0.25, 0.3) is 11.3 Å². The first-order valence-electron chi connectivity index (χ1n) is 3.99. The molecule has 0 aliphatic heterocycles. The maximum absolute atomic E-state index is 5.71. The van der Waals surface area contributed by atoms with Gasteiger partial charge in [0.1, 0.15) is 0 Å². The van der Waals surface area contributed by atoms with Crippen LogP contribution < -0.4 is 5.73 Å². The zero-order chi connectivity index (χ0) is 9.26. The van der Waals surface area contributed by atoms with Crippen molar-refractivity contribution in [1.29, 1.82) is 0 Å². The average molecular weight is 174 g/mol. The number of H-pyrrole nitrogens is 1. The summed E-state index contributed by atoms with van der Waals surface area (Å²) < 4.78 is 0. The van der Waals surface area contributed by atoms with Gasteiger partial charge in [-0.2, -0.15) is 5.10 Å². The lowest BCUT2D eigenvalue weighted by molar-refractivity contribution is 1.09. The standard InChI is InChI=1S/C9H10N4/c1-6-4-7(2-3-11-6)9-8(10)5-12-13-9/h2-5H,10H2,1H3,(H,12,13). The van der Waals surface area contributed by atoms with E-state index in [0.717, 1.165) is 17.0 Å². The van der Waals surface area contributed by atoms with Crippen LogP contribution in [0.3, 0.4) is 0 Å². The number of hydrogen-bond donors (Lipinski definition) is 2. The average Bonchev–Trinajstić information content (AvgIpc) is 2.51. The minimum absolute atomic E-state index is 0.658. The second-order valence-electron chi connectivity index (χ2n) is 2.89. The summed E-state index contributed by atoms with van der Waals surface area (Å²) in [5, 5.41) is 6.70. The number of pyridine rings is 1. The zero-order valence-electron chi connectivity index (χ0n) is 7.28. The van der Waals surface area contributed by atoms with Gasteiger partial charge >= 0.3 is 0 Å². The van der Waals surface area contributed by atoms with E-state index >= 15 is 0 Å². The molecule has 0 fully saturated rings. The van der Waals surface area contributed by atoms with Gasteiger partial charge in [-0.3, -0.25) is 10.1 Å². The van der Waals surface area contributed by atoms with Gasteiger partial charge < -0.3 is 5.73 Å². The lowest BCUT2D eigenvalue weighted by atomic mass is 10.1. The molecule has 0 atom stereocenters. The Morgan fingerprint density at radius 1 is 1.46 bits per heavy atom. The molecule has 0 unspecified atom stereocenters. The fourth-order valence-corrected chi connectivity index (χ4v) is 1.23. The Bertz CT molecular complexity index is 419. The highest BCUT2D eigenvalue weighted by atomic mass is 15.1. The van der Waals surface area contributed by atoms with Crippen LogP contribution in [0.1, 0.15) is 5.69 Å². The van der Waals surface area contributed by atoms with E-state index in [9.17, 15) is 0 Å². The smallest absolute Gasteiger partial charge is 0.0881 e. The van der Waals surface area contributed by atoms with Gasteiger partial charge in [-0.25, -0.2) is 0 Å². The molecule has 2 aromatic rings. The first kappa shape index (κ1) is 7.79. The van der Waals surface area contributed by atoms with Crippen LogP contribution in [0.5, 0.6) is 0 Å². The minimum Gasteiger partial charge on any atom is -0.396 e. The van der Waals surface area contributed by atoms with Gasteiger partial charge in [-0.1, -0.05) is 0 Å². The molecule has 4 heteroatoms. The van der Waals surface area contributed by atoms with Gasteiger partial charge in [0.2, 0.25) is 0 Å². The van der Waals surface area contributed by atoms with Crippen LogP contribution in [0.15, 0.2) is 24.5 Å². The quantitative estimate of drug-likeness (QED) is 0.686. The number of nitrogens with zero attached hydrogens (tertiary/aromatic N) is 2. The zero-order valence-corrected chi connectivity index (χ0v) is 7.28. The van der Waals surface area contributed by atoms with Crippen molar-refractivity contribution in [1.82, 2.24) is 15.2 Å². The molecule has 0 spiro atoms. The van der Waals surface area contributed by atoms with Crippen LogP contribution in [0.4, 0.5) is 5.69 Å². The van der Waals surface area contributed by atoms with E-state index in [4.69, 9.17) is 5.73 Å². The molecule has 0 bridgehead atoms. The summed E-state index contributed by atoms with van der Waals surface area (Å²) >= 11 is 0. The summed E-state index contributed by atoms with van der Waals surface area (Å²) in [7, 11) is 0. The Morgan fingerprint density at radius 3 is 2.92 bits per heavy atom. The molecule has 2 aromatic heterocycles. The van der Waals surface area contributed by atoms with E-state index in [0.29, 0.717) is 5.69 Å². The monoisotopic (exact) mass is 174 g/mol. The number of aromatic amines is 1. The van der Waals surface area contributed by atoms with Gasteiger partial charge in [-0.05, 0) is 19.1 Å². The summed E-state index contributed by atoms with van der Waals surface area (Å²) in [6, 6.07) is 3.86. The van der Waals surface area contributed by atoms with Crippen molar-refractivity contribution in [2.75, 3.05) is 5.73 Å². The lowest BCUT2D eigenvalue weighted by Crippen LogP contribution is -1.88. The van der Waals surface area contributed by atoms with Crippen LogP contribution in [0, 0.1) is 6.92 Å². The topological polar surface area (TPSA) is 67.6 Å². The van der Waals surface area contributed by atoms with E-state index in [1.807, 2.05) is 19.1 Å². The fraction of sp³-hybridized carbons (Fsp3) is 0.111. The lowest BCUT2D eigenvalue weighted by Gasteiger charge is -1.99. The highest BCUT2D eigenvalue weighted by molar-refractivity contribution is 5.71. The Balaban J connectivity index is 2.53. The fourth-order valence-electron chi connectivity index (χ4n) is 1.23. The van der Waals surface area contributed by atoms with Gasteiger partial charge in [0.05, 0.1) is 17.6 Å². The number of aromatic nitrogens is 3. The van der Waals surface area contributed by atoms with Crippen molar-refractivity contribution in [2.45, 2.75) is 6.92 Å². The molecule has 3 N–H and O–H groups in total. The number of nitrogen functional groups attached to an aromatic ring is 1. The van der Waals surface area contributed by atoms with Crippen molar-refractivity contribution in [3.8, 4) is 11.3 Å². The van der Waals surface area contributed by atoms with Crippen molar-refractivity contribution < 1.29 is 0 Å². The molecule has 0 amide bonds. The van der Waals surface area contributed by atoms with E-state index in [1.54, 1.807) is 12.4 Å². The number of hydrogen-bond acceptors (Lipinski definition) is 3. The second-order valence-corrected chi connectivity index (χ2v) is 2.89. The predicted octanol–water partition coefficient (Wildman–Crippen LogP) is 1.36. The highest BCUT2D eigenvalue weighted by Gasteiger charge is 2.03. The Morgan fingerprint density at radius 2 is 2.31 bits per heavy atom. The molecule has 0 saturated carbocycles. The summed E-state index contributed by atoms with van der Waals surface area (Å²) in [5.41, 5.74) is 9.20. The van der Waals surface area contributed by atoms with Crippen molar-refractivity contribution in [2.24, 2.45) is 0 Å². The van der Waals surface area contributed by atoms with Crippen LogP contribution >= 0.6 is 0 Å². The predicted molar refractivity (Wildman–Crippen MR) is 51.0 cm³/mol. The molecular weight excluding hydrogens is 164 g/mol. The van der Waals surface area contributed by atoms with Crippen molar-refractivity contribution in [3.63, 3.8) is 0 Å². The highest BCUT2D eigenvalue weighted by Crippen LogP contribution is 2.22. The molecule has 0 aliphatic carbocycles. The molecule has 2 rings (SSSR count). The summed E-state index contributed by atoms with van der Waals surface area (Å²) in [5.74, 6) is 0. The third kappa shape index (κ3) is 1.38. The normalized spacial score (nSPS) is 10.2. The molecule has 0 radical (unpaired) electrons. The van der Waals surface area contributed by atoms with Gasteiger partial charge in [0, 0.05) is 17.5 Å². The van der Waals surface area contributed by atoms with Gasteiger partial charge in [0.15, 0.2) is 0 Å². The van der Waals surface area contributed by atoms with E-state index in [2.05, 4.69) is 15.2 Å². The van der Waals surface area contributed by atoms with Crippen LogP contribution in [0.2, 0.25) is 0 Å². The minimum atomic E-state index is 0.658. The molecule has 66 valence electrons. The van der Waals surface area contributed by atoms with E-state index in [-0.39, 0.29) is 0 Å². The van der Waals surface area contributed by atoms with Crippen molar-refractivity contribution >= 4 is 5.69 Å². The summed E-state index contributed by atoms with van der Waals surface area (Å²) in [6.45, 7) is 1.94. The molecule has 13 heavy (non-hydrogen) atoms. The van der Waals surface area contributed by atoms with Crippen molar-refractivity contribution in [3.05, 3.63) is 30.2 Å².